The quantitative estimate of drug-likeness (QED) is 0.729. The summed E-state index contributed by atoms with van der Waals surface area (Å²) in [5, 5.41) is 10.6. The van der Waals surface area contributed by atoms with Crippen LogP contribution in [-0.2, 0) is 0 Å². The van der Waals surface area contributed by atoms with Crippen LogP contribution in [0.1, 0.15) is 28.9 Å². The molecule has 24 heavy (non-hydrogen) atoms. The number of benzene rings is 2. The van der Waals surface area contributed by atoms with Crippen molar-refractivity contribution in [2.75, 3.05) is 6.54 Å². The molecule has 3 rings (SSSR count). The van der Waals surface area contributed by atoms with Gasteiger partial charge in [0.2, 0.25) is 0 Å². The first kappa shape index (κ1) is 16.3. The van der Waals surface area contributed by atoms with Crippen molar-refractivity contribution in [3.05, 3.63) is 76.9 Å². The van der Waals surface area contributed by atoms with E-state index in [0.29, 0.717) is 23.0 Å². The van der Waals surface area contributed by atoms with Gasteiger partial charge in [-0.1, -0.05) is 61.0 Å². The molecule has 0 bridgehead atoms. The van der Waals surface area contributed by atoms with E-state index in [9.17, 15) is 4.79 Å². The van der Waals surface area contributed by atoms with E-state index in [1.165, 1.54) is 5.56 Å². The number of amides is 1. The summed E-state index contributed by atoms with van der Waals surface area (Å²) in [6.07, 6.45) is 0. The van der Waals surface area contributed by atoms with Crippen molar-refractivity contribution in [2.24, 2.45) is 0 Å². The molecule has 0 aliphatic heterocycles. The SMILES string of the molecule is C[C@@H](CNC(=O)c1cc(-c2ccc(Cl)cc2)n[nH]1)c1ccccc1. The fourth-order valence-electron chi connectivity index (χ4n) is 2.45. The molecule has 0 saturated heterocycles. The molecule has 1 atom stereocenters. The molecule has 1 heterocycles. The van der Waals surface area contributed by atoms with Crippen molar-refractivity contribution in [1.82, 2.24) is 15.5 Å². The highest BCUT2D eigenvalue weighted by Crippen LogP contribution is 2.20. The van der Waals surface area contributed by atoms with E-state index < -0.39 is 0 Å². The summed E-state index contributed by atoms with van der Waals surface area (Å²) in [7, 11) is 0. The van der Waals surface area contributed by atoms with Crippen LogP contribution in [0.15, 0.2) is 60.7 Å². The van der Waals surface area contributed by atoms with Gasteiger partial charge in [0.1, 0.15) is 5.69 Å². The van der Waals surface area contributed by atoms with Crippen LogP contribution in [0.2, 0.25) is 5.02 Å². The Kier molecular flexibility index (Phi) is 4.96. The Bertz CT molecular complexity index is 812. The topological polar surface area (TPSA) is 57.8 Å². The fourth-order valence-corrected chi connectivity index (χ4v) is 2.57. The number of aromatic amines is 1. The second-order valence-electron chi connectivity index (χ2n) is 5.70. The minimum absolute atomic E-state index is 0.162. The fraction of sp³-hybridized carbons (Fsp3) is 0.158. The van der Waals surface area contributed by atoms with Crippen LogP contribution in [0.5, 0.6) is 0 Å². The lowest BCUT2D eigenvalue weighted by Gasteiger charge is -2.12. The van der Waals surface area contributed by atoms with Crippen LogP contribution in [0, 0.1) is 0 Å². The number of carbonyl (C=O) groups is 1. The molecule has 1 aromatic heterocycles. The summed E-state index contributed by atoms with van der Waals surface area (Å²) in [5.74, 6) is 0.0827. The second-order valence-corrected chi connectivity index (χ2v) is 6.13. The molecule has 4 nitrogen and oxygen atoms in total. The maximum absolute atomic E-state index is 12.3. The maximum Gasteiger partial charge on any atom is 0.269 e. The van der Waals surface area contributed by atoms with E-state index in [2.05, 4.69) is 34.6 Å². The lowest BCUT2D eigenvalue weighted by Crippen LogP contribution is -2.27. The number of hydrogen-bond acceptors (Lipinski definition) is 2. The summed E-state index contributed by atoms with van der Waals surface area (Å²) in [4.78, 5) is 12.3. The second kappa shape index (κ2) is 7.32. The van der Waals surface area contributed by atoms with Crippen molar-refractivity contribution >= 4 is 17.5 Å². The van der Waals surface area contributed by atoms with E-state index >= 15 is 0 Å². The standard InChI is InChI=1S/C19H18ClN3O/c1-13(14-5-3-2-4-6-14)12-21-19(24)18-11-17(22-23-18)15-7-9-16(20)10-8-15/h2-11,13H,12H2,1H3,(H,21,24)(H,22,23)/t13-/m0/s1. The molecule has 2 N–H and O–H groups in total. The molecule has 5 heteroatoms. The summed E-state index contributed by atoms with van der Waals surface area (Å²) in [6.45, 7) is 2.65. The number of H-pyrrole nitrogens is 1. The van der Waals surface area contributed by atoms with Crippen LogP contribution in [0.3, 0.4) is 0 Å². The van der Waals surface area contributed by atoms with Crippen LogP contribution >= 0.6 is 11.6 Å². The smallest absolute Gasteiger partial charge is 0.269 e. The first-order chi connectivity index (χ1) is 11.6. The van der Waals surface area contributed by atoms with E-state index in [4.69, 9.17) is 11.6 Å². The predicted molar refractivity (Wildman–Crippen MR) is 96.2 cm³/mol. The van der Waals surface area contributed by atoms with Gasteiger partial charge in [0.25, 0.3) is 5.91 Å². The van der Waals surface area contributed by atoms with E-state index in [-0.39, 0.29) is 11.8 Å². The summed E-state index contributed by atoms with van der Waals surface area (Å²) in [5.41, 5.74) is 3.27. The van der Waals surface area contributed by atoms with E-state index in [1.807, 2.05) is 30.3 Å². The molecule has 1 amide bonds. The Balaban J connectivity index is 1.63. The average Bonchev–Trinajstić information content (AvgIpc) is 3.11. The molecule has 2 aromatic carbocycles. The average molecular weight is 340 g/mol. The Labute approximate surface area is 145 Å². The minimum atomic E-state index is -0.162. The number of carbonyl (C=O) groups excluding carboxylic acids is 1. The molecule has 0 aliphatic carbocycles. The maximum atomic E-state index is 12.3. The van der Waals surface area contributed by atoms with Crippen molar-refractivity contribution in [2.45, 2.75) is 12.8 Å². The van der Waals surface area contributed by atoms with Gasteiger partial charge in [-0.15, -0.1) is 0 Å². The molecular formula is C19H18ClN3O. The zero-order valence-electron chi connectivity index (χ0n) is 13.3. The van der Waals surface area contributed by atoms with Crippen LogP contribution < -0.4 is 5.32 Å². The minimum Gasteiger partial charge on any atom is -0.350 e. The lowest BCUT2D eigenvalue weighted by molar-refractivity contribution is 0.0946. The van der Waals surface area contributed by atoms with Gasteiger partial charge in [0, 0.05) is 17.1 Å². The predicted octanol–water partition coefficient (Wildman–Crippen LogP) is 4.26. The Morgan fingerprint density at radius 1 is 1.17 bits per heavy atom. The van der Waals surface area contributed by atoms with Crippen molar-refractivity contribution in [3.8, 4) is 11.3 Å². The normalized spacial score (nSPS) is 11.9. The highest BCUT2D eigenvalue weighted by atomic mass is 35.5. The van der Waals surface area contributed by atoms with Crippen molar-refractivity contribution in [3.63, 3.8) is 0 Å². The Hall–Kier alpha value is -2.59. The van der Waals surface area contributed by atoms with Crippen LogP contribution in [0.4, 0.5) is 0 Å². The van der Waals surface area contributed by atoms with E-state index in [0.717, 1.165) is 5.56 Å². The third kappa shape index (κ3) is 3.84. The molecule has 0 fully saturated rings. The Morgan fingerprint density at radius 3 is 2.58 bits per heavy atom. The van der Waals surface area contributed by atoms with Gasteiger partial charge in [-0.3, -0.25) is 9.89 Å². The van der Waals surface area contributed by atoms with Gasteiger partial charge in [0.05, 0.1) is 5.69 Å². The lowest BCUT2D eigenvalue weighted by atomic mass is 10.0. The van der Waals surface area contributed by atoms with Gasteiger partial charge in [-0.25, -0.2) is 0 Å². The number of nitrogens with one attached hydrogen (secondary N) is 2. The van der Waals surface area contributed by atoms with Gasteiger partial charge in [0.15, 0.2) is 0 Å². The molecule has 0 spiro atoms. The Morgan fingerprint density at radius 2 is 1.88 bits per heavy atom. The van der Waals surface area contributed by atoms with Crippen LogP contribution in [0.25, 0.3) is 11.3 Å². The zero-order chi connectivity index (χ0) is 16.9. The van der Waals surface area contributed by atoms with Gasteiger partial charge < -0.3 is 5.32 Å². The van der Waals surface area contributed by atoms with Crippen molar-refractivity contribution < 1.29 is 4.79 Å². The molecular weight excluding hydrogens is 322 g/mol. The molecule has 0 saturated carbocycles. The monoisotopic (exact) mass is 339 g/mol. The molecule has 0 aliphatic rings. The largest absolute Gasteiger partial charge is 0.350 e. The van der Waals surface area contributed by atoms with Gasteiger partial charge in [-0.05, 0) is 29.7 Å². The first-order valence-electron chi connectivity index (χ1n) is 7.78. The highest BCUT2D eigenvalue weighted by Gasteiger charge is 2.12. The van der Waals surface area contributed by atoms with Gasteiger partial charge in [-0.2, -0.15) is 5.10 Å². The van der Waals surface area contributed by atoms with Crippen LogP contribution in [-0.4, -0.2) is 22.6 Å². The summed E-state index contributed by atoms with van der Waals surface area (Å²) < 4.78 is 0. The molecule has 122 valence electrons. The number of halogens is 1. The summed E-state index contributed by atoms with van der Waals surface area (Å²) >= 11 is 5.88. The number of hydrogen-bond donors (Lipinski definition) is 2. The van der Waals surface area contributed by atoms with E-state index in [1.54, 1.807) is 18.2 Å². The molecule has 0 unspecified atom stereocenters. The first-order valence-corrected chi connectivity index (χ1v) is 8.16. The number of rotatable bonds is 5. The third-order valence-corrected chi connectivity index (χ3v) is 4.15. The molecule has 3 aromatic rings. The summed E-state index contributed by atoms with van der Waals surface area (Å²) in [6, 6.07) is 19.2. The number of aromatic nitrogens is 2. The number of nitrogens with zero attached hydrogens (tertiary/aromatic N) is 1. The third-order valence-electron chi connectivity index (χ3n) is 3.90. The molecule has 0 radical (unpaired) electrons. The highest BCUT2D eigenvalue weighted by molar-refractivity contribution is 6.30. The van der Waals surface area contributed by atoms with Crippen molar-refractivity contribution in [1.29, 1.82) is 0 Å². The van der Waals surface area contributed by atoms with Gasteiger partial charge >= 0.3 is 0 Å². The zero-order valence-corrected chi connectivity index (χ0v) is 14.0.